The van der Waals surface area contributed by atoms with Crippen LogP contribution in [0, 0.1) is 6.92 Å². The van der Waals surface area contributed by atoms with Gasteiger partial charge >= 0.3 is 0 Å². The van der Waals surface area contributed by atoms with Crippen molar-refractivity contribution in [1.29, 1.82) is 0 Å². The van der Waals surface area contributed by atoms with E-state index < -0.39 is 0 Å². The first-order chi connectivity index (χ1) is 9.16. The minimum atomic E-state index is 0.0905. The number of anilines is 1. The van der Waals surface area contributed by atoms with E-state index in [0.29, 0.717) is 17.3 Å². The van der Waals surface area contributed by atoms with E-state index in [1.807, 2.05) is 30.0 Å². The third-order valence-corrected chi connectivity index (χ3v) is 4.43. The van der Waals surface area contributed by atoms with Crippen LogP contribution in [0.3, 0.4) is 0 Å². The molecule has 1 amide bonds. The lowest BCUT2D eigenvalue weighted by Gasteiger charge is -2.37. The van der Waals surface area contributed by atoms with Crippen LogP contribution in [0.25, 0.3) is 0 Å². The number of carbonyl (C=O) groups is 1. The first-order valence-electron chi connectivity index (χ1n) is 7.05. The van der Waals surface area contributed by atoms with Gasteiger partial charge in [0.15, 0.2) is 0 Å². The topological polar surface area (TPSA) is 49.6 Å². The minimum absolute atomic E-state index is 0.0905. The molecule has 4 heteroatoms. The first kappa shape index (κ1) is 12.5. The molecule has 19 heavy (non-hydrogen) atoms. The molecule has 0 saturated carbocycles. The van der Waals surface area contributed by atoms with Crippen LogP contribution in [0.2, 0.25) is 0 Å². The van der Waals surface area contributed by atoms with Crippen LogP contribution < -0.4 is 5.73 Å². The van der Waals surface area contributed by atoms with Crippen LogP contribution in [0.5, 0.6) is 0 Å². The van der Waals surface area contributed by atoms with Crippen molar-refractivity contribution in [2.45, 2.75) is 25.8 Å². The van der Waals surface area contributed by atoms with Crippen LogP contribution in [0.1, 0.15) is 28.8 Å². The number of benzene rings is 1. The van der Waals surface area contributed by atoms with Gasteiger partial charge in [-0.15, -0.1) is 0 Å². The summed E-state index contributed by atoms with van der Waals surface area (Å²) in [6, 6.07) is 6.25. The molecule has 2 heterocycles. The van der Waals surface area contributed by atoms with Crippen molar-refractivity contribution in [3.8, 4) is 0 Å². The number of piperazine rings is 1. The molecular formula is C15H21N3O. The van der Waals surface area contributed by atoms with Gasteiger partial charge in [0.2, 0.25) is 0 Å². The van der Waals surface area contributed by atoms with Gasteiger partial charge in [-0.3, -0.25) is 9.69 Å². The number of amides is 1. The second-order valence-corrected chi connectivity index (χ2v) is 5.62. The van der Waals surface area contributed by atoms with E-state index in [1.54, 1.807) is 0 Å². The summed E-state index contributed by atoms with van der Waals surface area (Å²) in [6.45, 7) is 5.82. The molecule has 2 saturated heterocycles. The maximum absolute atomic E-state index is 12.6. The van der Waals surface area contributed by atoms with Crippen molar-refractivity contribution >= 4 is 11.6 Å². The number of rotatable bonds is 1. The summed E-state index contributed by atoms with van der Waals surface area (Å²) in [7, 11) is 0. The highest BCUT2D eigenvalue weighted by Crippen LogP contribution is 2.24. The monoisotopic (exact) mass is 259 g/mol. The molecule has 0 radical (unpaired) electrons. The highest BCUT2D eigenvalue weighted by atomic mass is 16.2. The Morgan fingerprint density at radius 1 is 1.32 bits per heavy atom. The third-order valence-electron chi connectivity index (χ3n) is 4.43. The summed E-state index contributed by atoms with van der Waals surface area (Å²) < 4.78 is 0. The summed E-state index contributed by atoms with van der Waals surface area (Å²) in [4.78, 5) is 17.1. The van der Waals surface area contributed by atoms with Crippen LogP contribution in [0.4, 0.5) is 5.69 Å². The maximum Gasteiger partial charge on any atom is 0.256 e. The lowest BCUT2D eigenvalue weighted by molar-refractivity contribution is 0.0572. The summed E-state index contributed by atoms with van der Waals surface area (Å²) in [6.07, 6.45) is 2.48. The normalized spacial score (nSPS) is 23.4. The zero-order chi connectivity index (χ0) is 13.4. The van der Waals surface area contributed by atoms with E-state index in [2.05, 4.69) is 4.90 Å². The Kier molecular flexibility index (Phi) is 3.19. The number of fused-ring (bicyclic) bond motifs is 1. The number of hydrogen-bond acceptors (Lipinski definition) is 3. The molecule has 2 N–H and O–H groups in total. The lowest BCUT2D eigenvalue weighted by atomic mass is 10.1. The van der Waals surface area contributed by atoms with E-state index in [-0.39, 0.29) is 5.91 Å². The van der Waals surface area contributed by atoms with E-state index >= 15 is 0 Å². The smallest absolute Gasteiger partial charge is 0.256 e. The third kappa shape index (κ3) is 2.21. The van der Waals surface area contributed by atoms with E-state index in [0.717, 1.165) is 25.2 Å². The van der Waals surface area contributed by atoms with Crippen molar-refractivity contribution in [3.63, 3.8) is 0 Å². The van der Waals surface area contributed by atoms with Gasteiger partial charge in [0, 0.05) is 31.4 Å². The number of nitrogen functional groups attached to an aromatic ring is 1. The molecule has 3 rings (SSSR count). The van der Waals surface area contributed by atoms with Gasteiger partial charge in [0.25, 0.3) is 5.91 Å². The zero-order valence-corrected chi connectivity index (χ0v) is 11.4. The second-order valence-electron chi connectivity index (χ2n) is 5.62. The zero-order valence-electron chi connectivity index (χ0n) is 11.4. The standard InChI is InChI=1S/C15H21N3O/c1-11-4-2-6-13(14(11)16)15(19)18-9-8-17-7-3-5-12(17)10-18/h2,4,6,12H,3,5,7-10,16H2,1H3. The summed E-state index contributed by atoms with van der Waals surface area (Å²) in [5, 5.41) is 0. The molecule has 0 bridgehead atoms. The van der Waals surface area contributed by atoms with Gasteiger partial charge in [-0.2, -0.15) is 0 Å². The summed E-state index contributed by atoms with van der Waals surface area (Å²) >= 11 is 0. The fourth-order valence-corrected chi connectivity index (χ4v) is 3.21. The highest BCUT2D eigenvalue weighted by molar-refractivity contribution is 5.99. The fourth-order valence-electron chi connectivity index (χ4n) is 3.21. The predicted octanol–water partition coefficient (Wildman–Crippen LogP) is 1.50. The minimum Gasteiger partial charge on any atom is -0.398 e. The van der Waals surface area contributed by atoms with E-state index in [1.165, 1.54) is 19.4 Å². The van der Waals surface area contributed by atoms with Crippen LogP contribution in [0.15, 0.2) is 18.2 Å². The summed E-state index contributed by atoms with van der Waals surface area (Å²) in [5.74, 6) is 0.0905. The van der Waals surface area contributed by atoms with Gasteiger partial charge in [-0.05, 0) is 37.9 Å². The molecule has 0 spiro atoms. The highest BCUT2D eigenvalue weighted by Gasteiger charge is 2.33. The Balaban J connectivity index is 1.79. The Morgan fingerprint density at radius 3 is 3.00 bits per heavy atom. The molecule has 2 fully saturated rings. The number of nitrogens with two attached hydrogens (primary N) is 1. The van der Waals surface area contributed by atoms with Gasteiger partial charge < -0.3 is 10.6 Å². The Hall–Kier alpha value is -1.55. The molecule has 102 valence electrons. The quantitative estimate of drug-likeness (QED) is 0.778. The molecule has 1 aromatic carbocycles. The van der Waals surface area contributed by atoms with Crippen LogP contribution in [-0.2, 0) is 0 Å². The molecule has 1 atom stereocenters. The van der Waals surface area contributed by atoms with Crippen LogP contribution in [-0.4, -0.2) is 47.9 Å². The lowest BCUT2D eigenvalue weighted by Crippen LogP contribution is -2.52. The van der Waals surface area contributed by atoms with Gasteiger partial charge in [-0.25, -0.2) is 0 Å². The molecule has 2 aliphatic rings. The number of aryl methyl sites for hydroxylation is 1. The van der Waals surface area contributed by atoms with Gasteiger partial charge in [0.1, 0.15) is 0 Å². The number of hydrogen-bond donors (Lipinski definition) is 1. The number of carbonyl (C=O) groups excluding carboxylic acids is 1. The van der Waals surface area contributed by atoms with E-state index in [9.17, 15) is 4.79 Å². The van der Waals surface area contributed by atoms with Crippen molar-refractivity contribution in [2.24, 2.45) is 0 Å². The molecular weight excluding hydrogens is 238 g/mol. The van der Waals surface area contributed by atoms with Crippen molar-refractivity contribution in [2.75, 3.05) is 31.9 Å². The molecule has 1 unspecified atom stereocenters. The Labute approximate surface area is 114 Å². The maximum atomic E-state index is 12.6. The summed E-state index contributed by atoms with van der Waals surface area (Å²) in [5.41, 5.74) is 8.30. The SMILES string of the molecule is Cc1cccc(C(=O)N2CCN3CCCC3C2)c1N. The molecule has 1 aromatic rings. The fraction of sp³-hybridized carbons (Fsp3) is 0.533. The first-order valence-corrected chi connectivity index (χ1v) is 7.05. The second kappa shape index (κ2) is 4.85. The van der Waals surface area contributed by atoms with Crippen molar-refractivity contribution < 1.29 is 4.79 Å². The largest absolute Gasteiger partial charge is 0.398 e. The van der Waals surface area contributed by atoms with E-state index in [4.69, 9.17) is 5.73 Å². The van der Waals surface area contributed by atoms with Gasteiger partial charge in [0.05, 0.1) is 5.56 Å². The van der Waals surface area contributed by atoms with Gasteiger partial charge in [-0.1, -0.05) is 12.1 Å². The molecule has 4 nitrogen and oxygen atoms in total. The Bertz CT molecular complexity index is 500. The average molecular weight is 259 g/mol. The Morgan fingerprint density at radius 2 is 2.16 bits per heavy atom. The molecule has 2 aliphatic heterocycles. The molecule has 0 aromatic heterocycles. The number of nitrogens with zero attached hydrogens (tertiary/aromatic N) is 2. The van der Waals surface area contributed by atoms with Crippen molar-refractivity contribution in [3.05, 3.63) is 29.3 Å². The van der Waals surface area contributed by atoms with Crippen molar-refractivity contribution in [1.82, 2.24) is 9.80 Å². The predicted molar refractivity (Wildman–Crippen MR) is 76.1 cm³/mol. The number of para-hydroxylation sites is 1. The average Bonchev–Trinajstić information content (AvgIpc) is 2.88. The molecule has 0 aliphatic carbocycles. The van der Waals surface area contributed by atoms with Crippen LogP contribution >= 0.6 is 0 Å².